The fraction of sp³-hybridized carbons (Fsp3) is 0.524. The predicted octanol–water partition coefficient (Wildman–Crippen LogP) is 0.549. The number of carbonyl (C=O) groups excluding carboxylic acids is 1. The number of benzene rings is 1. The molecule has 3 aliphatic rings. The van der Waals surface area contributed by atoms with Crippen LogP contribution < -0.4 is 0 Å². The maximum atomic E-state index is 13.3. The smallest absolute Gasteiger partial charge is 0.274 e. The van der Waals surface area contributed by atoms with Crippen molar-refractivity contribution in [2.75, 3.05) is 52.5 Å². The van der Waals surface area contributed by atoms with Crippen LogP contribution in [-0.2, 0) is 20.3 Å². The van der Waals surface area contributed by atoms with E-state index < -0.39 is 9.84 Å². The molecule has 1 aromatic heterocycles. The normalized spacial score (nSPS) is 22.9. The van der Waals surface area contributed by atoms with E-state index in [0.717, 1.165) is 18.7 Å². The van der Waals surface area contributed by atoms with Crippen molar-refractivity contribution < 1.29 is 23.1 Å². The Morgan fingerprint density at radius 1 is 1.19 bits per heavy atom. The summed E-state index contributed by atoms with van der Waals surface area (Å²) in [6, 6.07) is 6.98. The summed E-state index contributed by atoms with van der Waals surface area (Å²) in [6.45, 7) is 4.08. The number of carbonyl (C=O) groups is 1. The summed E-state index contributed by atoms with van der Waals surface area (Å²) in [5.74, 6) is -0.462. The molecule has 0 bridgehead atoms. The average molecular weight is 447 g/mol. The van der Waals surface area contributed by atoms with Crippen LogP contribution in [0.3, 0.4) is 0 Å². The van der Waals surface area contributed by atoms with E-state index in [-0.39, 0.29) is 30.0 Å². The Bertz CT molecular complexity index is 1110. The van der Waals surface area contributed by atoms with Gasteiger partial charge in [0.2, 0.25) is 0 Å². The van der Waals surface area contributed by atoms with Gasteiger partial charge in [0.15, 0.2) is 15.5 Å². The minimum atomic E-state index is -3.56. The number of aromatic nitrogens is 2. The van der Waals surface area contributed by atoms with E-state index in [4.69, 9.17) is 9.84 Å². The quantitative estimate of drug-likeness (QED) is 0.731. The first-order valence-corrected chi connectivity index (χ1v) is 12.3. The predicted molar refractivity (Wildman–Crippen MR) is 112 cm³/mol. The lowest BCUT2D eigenvalue weighted by Crippen LogP contribution is -2.41. The molecule has 2 aromatic rings. The summed E-state index contributed by atoms with van der Waals surface area (Å²) < 4.78 is 33.3. The molecule has 10 heteroatoms. The Kier molecular flexibility index (Phi) is 5.33. The standard InChI is InChI=1S/C21H26N4O5S/c26-10-7-23-6-5-15(13-23)25-20-16-3-1-2-4-18(16)31(28,29)14-17(20)19(22-25)21(27)24-8-11-30-12-9-24/h1-4,15,26H,5-14H2. The van der Waals surface area contributed by atoms with Crippen molar-refractivity contribution in [2.45, 2.75) is 23.1 Å². The third-order valence-corrected chi connectivity index (χ3v) is 8.03. The molecular weight excluding hydrogens is 420 g/mol. The van der Waals surface area contributed by atoms with Crippen LogP contribution in [0.1, 0.15) is 28.5 Å². The van der Waals surface area contributed by atoms with Crippen LogP contribution in [0, 0.1) is 0 Å². The van der Waals surface area contributed by atoms with Crippen molar-refractivity contribution in [2.24, 2.45) is 0 Å². The number of hydrogen-bond acceptors (Lipinski definition) is 7. The molecule has 0 aliphatic carbocycles. The van der Waals surface area contributed by atoms with Gasteiger partial charge in [0, 0.05) is 43.9 Å². The van der Waals surface area contributed by atoms with Gasteiger partial charge >= 0.3 is 0 Å². The van der Waals surface area contributed by atoms with Crippen LogP contribution in [0.5, 0.6) is 0 Å². The fourth-order valence-corrected chi connectivity index (χ4v) is 6.40. The van der Waals surface area contributed by atoms with Crippen molar-refractivity contribution in [3.8, 4) is 11.3 Å². The maximum absolute atomic E-state index is 13.3. The lowest BCUT2D eigenvalue weighted by atomic mass is 10.0. The summed E-state index contributed by atoms with van der Waals surface area (Å²) in [7, 11) is -3.56. The highest BCUT2D eigenvalue weighted by atomic mass is 32.2. The average Bonchev–Trinajstić information content (AvgIpc) is 3.38. The monoisotopic (exact) mass is 446 g/mol. The number of likely N-dealkylation sites (tertiary alicyclic amines) is 1. The molecule has 9 nitrogen and oxygen atoms in total. The van der Waals surface area contributed by atoms with Gasteiger partial charge in [-0.1, -0.05) is 18.2 Å². The highest BCUT2D eigenvalue weighted by Crippen LogP contribution is 2.41. The van der Waals surface area contributed by atoms with Gasteiger partial charge in [0.05, 0.1) is 42.2 Å². The van der Waals surface area contributed by atoms with Gasteiger partial charge in [0.25, 0.3) is 5.91 Å². The molecule has 166 valence electrons. The Morgan fingerprint density at radius 2 is 1.97 bits per heavy atom. The Hall–Kier alpha value is -2.27. The molecule has 5 rings (SSSR count). The zero-order valence-electron chi connectivity index (χ0n) is 17.2. The van der Waals surface area contributed by atoms with Gasteiger partial charge in [-0.3, -0.25) is 14.4 Å². The summed E-state index contributed by atoms with van der Waals surface area (Å²) in [5.41, 5.74) is 2.07. The molecule has 3 aliphatic heterocycles. The second kappa shape index (κ2) is 8.01. The van der Waals surface area contributed by atoms with Crippen LogP contribution in [0.4, 0.5) is 0 Å². The van der Waals surface area contributed by atoms with Gasteiger partial charge < -0.3 is 14.7 Å². The largest absolute Gasteiger partial charge is 0.395 e. The van der Waals surface area contributed by atoms with E-state index in [2.05, 4.69) is 4.90 Å². The number of aliphatic hydroxyl groups excluding tert-OH is 1. The molecular formula is C21H26N4O5S. The van der Waals surface area contributed by atoms with Crippen LogP contribution >= 0.6 is 0 Å². The van der Waals surface area contributed by atoms with E-state index in [0.29, 0.717) is 55.4 Å². The summed E-state index contributed by atoms with van der Waals surface area (Å²) in [5, 5.41) is 14.0. The maximum Gasteiger partial charge on any atom is 0.274 e. The zero-order valence-corrected chi connectivity index (χ0v) is 18.1. The van der Waals surface area contributed by atoms with Crippen LogP contribution in [-0.4, -0.2) is 91.6 Å². The Labute approximate surface area is 181 Å². The molecule has 0 saturated carbocycles. The molecule has 1 unspecified atom stereocenters. The SMILES string of the molecule is O=C(c1nn(C2CCN(CCO)C2)c2c1CS(=O)(=O)c1ccccc1-2)N1CCOCC1. The summed E-state index contributed by atoms with van der Waals surface area (Å²) in [4.78, 5) is 17.5. The molecule has 2 fully saturated rings. The number of sulfone groups is 1. The van der Waals surface area contributed by atoms with E-state index >= 15 is 0 Å². The number of morpholine rings is 1. The molecule has 31 heavy (non-hydrogen) atoms. The minimum absolute atomic E-state index is 0.0143. The topological polar surface area (TPSA) is 105 Å². The van der Waals surface area contributed by atoms with E-state index in [1.54, 1.807) is 23.1 Å². The van der Waals surface area contributed by atoms with Gasteiger partial charge in [-0.05, 0) is 12.5 Å². The molecule has 0 spiro atoms. The van der Waals surface area contributed by atoms with Crippen molar-refractivity contribution in [1.29, 1.82) is 0 Å². The number of rotatable bonds is 4. The minimum Gasteiger partial charge on any atom is -0.395 e. The van der Waals surface area contributed by atoms with E-state index in [1.165, 1.54) is 0 Å². The number of aliphatic hydroxyl groups is 1. The van der Waals surface area contributed by atoms with Gasteiger partial charge in [-0.15, -0.1) is 0 Å². The third-order valence-electron chi connectivity index (χ3n) is 6.33. The molecule has 1 N–H and O–H groups in total. The van der Waals surface area contributed by atoms with Crippen LogP contribution in [0.25, 0.3) is 11.3 Å². The molecule has 1 aromatic carbocycles. The van der Waals surface area contributed by atoms with Crippen molar-refractivity contribution in [1.82, 2.24) is 19.6 Å². The first-order chi connectivity index (χ1) is 15.0. The van der Waals surface area contributed by atoms with Crippen LogP contribution in [0.2, 0.25) is 0 Å². The highest BCUT2D eigenvalue weighted by Gasteiger charge is 2.39. The molecule has 1 amide bonds. The number of fused-ring (bicyclic) bond motifs is 3. The van der Waals surface area contributed by atoms with Gasteiger partial charge in [-0.25, -0.2) is 8.42 Å². The number of β-amino-alcohol motifs (C(OH)–C–C–N with tert-alkyl or cyclic N) is 1. The van der Waals surface area contributed by atoms with Gasteiger partial charge in [-0.2, -0.15) is 5.10 Å². The van der Waals surface area contributed by atoms with Crippen molar-refractivity contribution >= 4 is 15.7 Å². The summed E-state index contributed by atoms with van der Waals surface area (Å²) in [6.07, 6.45) is 0.828. The number of ether oxygens (including phenoxy) is 1. The van der Waals surface area contributed by atoms with Crippen molar-refractivity contribution in [3.05, 3.63) is 35.5 Å². The lowest BCUT2D eigenvalue weighted by Gasteiger charge is -2.26. The number of amides is 1. The first kappa shape index (κ1) is 20.6. The summed E-state index contributed by atoms with van der Waals surface area (Å²) >= 11 is 0. The Balaban J connectivity index is 1.63. The Morgan fingerprint density at radius 3 is 2.74 bits per heavy atom. The molecule has 2 saturated heterocycles. The van der Waals surface area contributed by atoms with Crippen LogP contribution in [0.15, 0.2) is 29.2 Å². The fourth-order valence-electron chi connectivity index (χ4n) is 4.80. The molecule has 1 atom stereocenters. The second-order valence-electron chi connectivity index (χ2n) is 8.25. The highest BCUT2D eigenvalue weighted by molar-refractivity contribution is 7.90. The van der Waals surface area contributed by atoms with Crippen molar-refractivity contribution in [3.63, 3.8) is 0 Å². The first-order valence-electron chi connectivity index (χ1n) is 10.6. The molecule has 4 heterocycles. The van der Waals surface area contributed by atoms with E-state index in [1.807, 2.05) is 10.7 Å². The van der Waals surface area contributed by atoms with Gasteiger partial charge in [0.1, 0.15) is 0 Å². The second-order valence-corrected chi connectivity index (χ2v) is 10.2. The lowest BCUT2D eigenvalue weighted by molar-refractivity contribution is 0.0297. The number of nitrogens with zero attached hydrogens (tertiary/aromatic N) is 4. The number of hydrogen-bond donors (Lipinski definition) is 1. The third kappa shape index (κ3) is 3.57. The van der Waals surface area contributed by atoms with E-state index in [9.17, 15) is 18.3 Å². The zero-order chi connectivity index (χ0) is 21.6. The molecule has 0 radical (unpaired) electrons.